The number of hydrogen-bond acceptors (Lipinski definition) is 2. The molecule has 1 aromatic carbocycles. The number of rotatable bonds is 1. The molecule has 16 heavy (non-hydrogen) atoms. The van der Waals surface area contributed by atoms with Crippen LogP contribution in [0, 0.1) is 0 Å². The van der Waals surface area contributed by atoms with E-state index < -0.39 is 0 Å². The fourth-order valence-electron chi connectivity index (χ4n) is 2.78. The first kappa shape index (κ1) is 9.70. The third-order valence-electron chi connectivity index (χ3n) is 3.66. The number of aromatic nitrogens is 2. The molecule has 0 amide bonds. The molecule has 0 spiro atoms. The van der Waals surface area contributed by atoms with Gasteiger partial charge in [-0.1, -0.05) is 31.4 Å². The third kappa shape index (κ3) is 1.47. The van der Waals surface area contributed by atoms with Crippen molar-refractivity contribution in [2.45, 2.75) is 38.0 Å². The van der Waals surface area contributed by atoms with Crippen LogP contribution in [0.25, 0.3) is 10.9 Å². The first-order valence-electron chi connectivity index (χ1n) is 6.09. The number of para-hydroxylation sites is 1. The maximum atomic E-state index is 5.92. The first-order chi connectivity index (χ1) is 7.86. The summed E-state index contributed by atoms with van der Waals surface area (Å²) in [5.41, 5.74) is 8.92. The number of nitrogens with one attached hydrogen (secondary N) is 1. The monoisotopic (exact) mass is 215 g/mol. The zero-order chi connectivity index (χ0) is 11.0. The lowest BCUT2D eigenvalue weighted by atomic mass is 9.86. The van der Waals surface area contributed by atoms with Gasteiger partial charge in [-0.25, -0.2) is 0 Å². The highest BCUT2D eigenvalue weighted by molar-refractivity contribution is 5.91. The Kier molecular flexibility index (Phi) is 2.31. The number of H-pyrrole nitrogens is 1. The average molecular weight is 215 g/mol. The number of nitrogens with two attached hydrogens (primary N) is 1. The fourth-order valence-corrected chi connectivity index (χ4v) is 2.78. The van der Waals surface area contributed by atoms with Crippen molar-refractivity contribution in [3.63, 3.8) is 0 Å². The summed E-state index contributed by atoms with van der Waals surface area (Å²) in [7, 11) is 0. The quantitative estimate of drug-likeness (QED) is 0.718. The lowest BCUT2D eigenvalue weighted by Crippen LogP contribution is -2.05. The predicted octanol–water partition coefficient (Wildman–Crippen LogP) is 3.19. The topological polar surface area (TPSA) is 54.7 Å². The van der Waals surface area contributed by atoms with Crippen LogP contribution in [0.2, 0.25) is 0 Å². The van der Waals surface area contributed by atoms with Gasteiger partial charge in [0.25, 0.3) is 0 Å². The van der Waals surface area contributed by atoms with Gasteiger partial charge in [0.1, 0.15) is 5.52 Å². The van der Waals surface area contributed by atoms with Crippen molar-refractivity contribution in [3.05, 3.63) is 23.9 Å². The van der Waals surface area contributed by atoms with Gasteiger partial charge in [-0.2, -0.15) is 5.10 Å². The highest BCUT2D eigenvalue weighted by atomic mass is 15.1. The number of nitrogen functional groups attached to an aromatic ring is 1. The minimum absolute atomic E-state index is 0.653. The Morgan fingerprint density at radius 2 is 2.00 bits per heavy atom. The minimum Gasteiger partial charge on any atom is -0.397 e. The second kappa shape index (κ2) is 3.81. The summed E-state index contributed by atoms with van der Waals surface area (Å²) < 4.78 is 0. The van der Waals surface area contributed by atoms with E-state index in [2.05, 4.69) is 16.3 Å². The van der Waals surface area contributed by atoms with Gasteiger partial charge in [0.05, 0.1) is 5.69 Å². The molecule has 1 heterocycles. The predicted molar refractivity (Wildman–Crippen MR) is 66.3 cm³/mol. The molecule has 1 aromatic heterocycles. The second-order valence-electron chi connectivity index (χ2n) is 4.72. The average Bonchev–Trinajstić information content (AvgIpc) is 2.75. The van der Waals surface area contributed by atoms with Crippen LogP contribution in [0.15, 0.2) is 18.2 Å². The molecule has 2 aromatic rings. The molecule has 84 valence electrons. The van der Waals surface area contributed by atoms with Gasteiger partial charge in [0, 0.05) is 17.0 Å². The van der Waals surface area contributed by atoms with Crippen molar-refractivity contribution in [2.24, 2.45) is 0 Å². The number of hydrogen-bond donors (Lipinski definition) is 2. The molecule has 1 aliphatic carbocycles. The second-order valence-corrected chi connectivity index (χ2v) is 4.72. The van der Waals surface area contributed by atoms with Gasteiger partial charge in [-0.3, -0.25) is 5.10 Å². The van der Waals surface area contributed by atoms with E-state index >= 15 is 0 Å². The maximum Gasteiger partial charge on any atom is 0.115 e. The van der Waals surface area contributed by atoms with Crippen LogP contribution in [0.3, 0.4) is 0 Å². The van der Waals surface area contributed by atoms with Crippen molar-refractivity contribution in [3.8, 4) is 0 Å². The van der Waals surface area contributed by atoms with Crippen molar-refractivity contribution in [1.29, 1.82) is 0 Å². The van der Waals surface area contributed by atoms with Crippen LogP contribution in [0.5, 0.6) is 0 Å². The SMILES string of the molecule is Nc1cccc2c(C3CCCCC3)[nH]nc12. The van der Waals surface area contributed by atoms with Crippen molar-refractivity contribution >= 4 is 16.6 Å². The van der Waals surface area contributed by atoms with Crippen LogP contribution < -0.4 is 5.73 Å². The van der Waals surface area contributed by atoms with Crippen molar-refractivity contribution < 1.29 is 0 Å². The standard InChI is InChI=1S/C13H17N3/c14-11-8-4-7-10-12(15-16-13(10)11)9-5-2-1-3-6-9/h4,7-9H,1-3,5-6,14H2,(H,15,16). The van der Waals surface area contributed by atoms with Crippen LogP contribution in [-0.4, -0.2) is 10.2 Å². The van der Waals surface area contributed by atoms with Gasteiger partial charge in [0.15, 0.2) is 0 Å². The fraction of sp³-hybridized carbons (Fsp3) is 0.462. The van der Waals surface area contributed by atoms with E-state index in [1.165, 1.54) is 43.2 Å². The number of nitrogens with zero attached hydrogens (tertiary/aromatic N) is 1. The number of fused-ring (bicyclic) bond motifs is 1. The molecule has 0 bridgehead atoms. The Bertz CT molecular complexity index is 495. The number of aromatic amines is 1. The minimum atomic E-state index is 0.653. The molecule has 3 heteroatoms. The van der Waals surface area contributed by atoms with Gasteiger partial charge in [-0.05, 0) is 18.9 Å². The molecule has 0 saturated heterocycles. The zero-order valence-electron chi connectivity index (χ0n) is 9.37. The smallest absolute Gasteiger partial charge is 0.115 e. The Labute approximate surface area is 95.0 Å². The molecule has 0 atom stereocenters. The van der Waals surface area contributed by atoms with E-state index in [1.54, 1.807) is 0 Å². The molecule has 1 saturated carbocycles. The summed E-state index contributed by atoms with van der Waals surface area (Å²) in [5.74, 6) is 0.653. The maximum absolute atomic E-state index is 5.92. The van der Waals surface area contributed by atoms with Gasteiger partial charge < -0.3 is 5.73 Å². The highest BCUT2D eigenvalue weighted by Gasteiger charge is 2.20. The third-order valence-corrected chi connectivity index (χ3v) is 3.66. The first-order valence-corrected chi connectivity index (χ1v) is 6.09. The molecule has 3 nitrogen and oxygen atoms in total. The molecule has 3 N–H and O–H groups in total. The molecule has 0 radical (unpaired) electrons. The zero-order valence-corrected chi connectivity index (χ0v) is 9.37. The highest BCUT2D eigenvalue weighted by Crippen LogP contribution is 2.35. The Morgan fingerprint density at radius 1 is 1.19 bits per heavy atom. The van der Waals surface area contributed by atoms with E-state index in [-0.39, 0.29) is 0 Å². The van der Waals surface area contributed by atoms with Crippen LogP contribution in [0.4, 0.5) is 5.69 Å². The summed E-state index contributed by atoms with van der Waals surface area (Å²) in [5, 5.41) is 8.75. The van der Waals surface area contributed by atoms with E-state index in [0.29, 0.717) is 5.92 Å². The van der Waals surface area contributed by atoms with E-state index in [9.17, 15) is 0 Å². The van der Waals surface area contributed by atoms with Crippen molar-refractivity contribution in [2.75, 3.05) is 5.73 Å². The van der Waals surface area contributed by atoms with Crippen LogP contribution in [0.1, 0.15) is 43.7 Å². The molecular weight excluding hydrogens is 198 g/mol. The van der Waals surface area contributed by atoms with E-state index in [4.69, 9.17) is 5.73 Å². The summed E-state index contributed by atoms with van der Waals surface area (Å²) in [6.45, 7) is 0. The number of anilines is 1. The van der Waals surface area contributed by atoms with Crippen LogP contribution in [-0.2, 0) is 0 Å². The summed E-state index contributed by atoms with van der Waals surface area (Å²) >= 11 is 0. The summed E-state index contributed by atoms with van der Waals surface area (Å²) in [6, 6.07) is 6.05. The molecular formula is C13H17N3. The normalized spacial score (nSPS) is 18.0. The molecule has 0 aliphatic heterocycles. The summed E-state index contributed by atoms with van der Waals surface area (Å²) in [4.78, 5) is 0. The van der Waals surface area contributed by atoms with Crippen molar-refractivity contribution in [1.82, 2.24) is 10.2 Å². The number of benzene rings is 1. The lowest BCUT2D eigenvalue weighted by molar-refractivity contribution is 0.438. The summed E-state index contributed by atoms with van der Waals surface area (Å²) in [6.07, 6.45) is 6.63. The molecule has 3 rings (SSSR count). The molecule has 1 aliphatic rings. The van der Waals surface area contributed by atoms with Gasteiger partial charge >= 0.3 is 0 Å². The van der Waals surface area contributed by atoms with Gasteiger partial charge in [-0.15, -0.1) is 0 Å². The van der Waals surface area contributed by atoms with Gasteiger partial charge in [0.2, 0.25) is 0 Å². The Balaban J connectivity index is 2.06. The lowest BCUT2D eigenvalue weighted by Gasteiger charge is -2.20. The van der Waals surface area contributed by atoms with E-state index in [1.807, 2.05) is 12.1 Å². The van der Waals surface area contributed by atoms with E-state index in [0.717, 1.165) is 11.2 Å². The van der Waals surface area contributed by atoms with Crippen LogP contribution >= 0.6 is 0 Å². The molecule has 0 unspecified atom stereocenters. The largest absolute Gasteiger partial charge is 0.397 e. The Hall–Kier alpha value is -1.51. The Morgan fingerprint density at radius 3 is 2.81 bits per heavy atom. The molecule has 1 fully saturated rings.